The highest BCUT2D eigenvalue weighted by molar-refractivity contribution is 8.19. The molecule has 1 N–H and O–H groups in total. The summed E-state index contributed by atoms with van der Waals surface area (Å²) in [5.74, 6) is -0.451. The number of anilines is 1. The van der Waals surface area contributed by atoms with Gasteiger partial charge in [0.1, 0.15) is 0 Å². The number of amides is 2. The van der Waals surface area contributed by atoms with Crippen LogP contribution in [0.2, 0.25) is 0 Å². The molecule has 1 saturated heterocycles. The molecule has 0 spiro atoms. The molecule has 0 aliphatic carbocycles. The van der Waals surface area contributed by atoms with Crippen LogP contribution in [-0.2, 0) is 16.0 Å². The minimum absolute atomic E-state index is 0.0183. The van der Waals surface area contributed by atoms with Crippen LogP contribution in [0, 0.1) is 0 Å². The van der Waals surface area contributed by atoms with E-state index in [1.807, 2.05) is 26.0 Å². The molecule has 0 saturated carbocycles. The van der Waals surface area contributed by atoms with Crippen LogP contribution >= 0.6 is 11.8 Å². The number of carboxylic acid groups (broad SMARTS) is 1. The fourth-order valence-corrected chi connectivity index (χ4v) is 3.94. The Balaban J connectivity index is 1.85. The molecule has 162 valence electrons. The van der Waals surface area contributed by atoms with Gasteiger partial charge in [-0.15, -0.1) is 0 Å². The third-order valence-corrected chi connectivity index (χ3v) is 5.42. The Bertz CT molecular complexity index is 1030. The fourth-order valence-electron chi connectivity index (χ4n) is 3.11. The normalized spacial score (nSPS) is 14.9. The lowest BCUT2D eigenvalue weighted by atomic mass is 10.1. The predicted molar refractivity (Wildman–Crippen MR) is 120 cm³/mol. The maximum absolute atomic E-state index is 13.0. The van der Waals surface area contributed by atoms with Crippen LogP contribution in [-0.4, -0.2) is 35.4 Å². The number of benzene rings is 2. The topological polar surface area (TPSA) is 93.1 Å². The molecule has 0 atom stereocenters. The Morgan fingerprint density at radius 3 is 2.58 bits per heavy atom. The first-order valence-electron chi connectivity index (χ1n) is 9.91. The second-order valence-electron chi connectivity index (χ2n) is 6.63. The summed E-state index contributed by atoms with van der Waals surface area (Å²) in [6.45, 7) is 4.21. The van der Waals surface area contributed by atoms with Crippen LogP contribution in [0.15, 0.2) is 47.4 Å². The van der Waals surface area contributed by atoms with E-state index < -0.39 is 5.97 Å². The Morgan fingerprint density at radius 2 is 1.87 bits per heavy atom. The summed E-state index contributed by atoms with van der Waals surface area (Å²) in [7, 11) is 0. The quantitative estimate of drug-likeness (QED) is 0.562. The minimum atomic E-state index is -0.949. The fraction of sp³-hybridized carbons (Fsp3) is 0.261. The summed E-state index contributed by atoms with van der Waals surface area (Å²) < 4.78 is 11.1. The molecule has 0 radical (unpaired) electrons. The van der Waals surface area contributed by atoms with Crippen molar-refractivity contribution < 1.29 is 29.0 Å². The summed E-state index contributed by atoms with van der Waals surface area (Å²) in [6.07, 6.45) is 2.22. The molecule has 8 heteroatoms. The summed E-state index contributed by atoms with van der Waals surface area (Å²) in [5, 5.41) is 8.43. The first-order chi connectivity index (χ1) is 14.9. The lowest BCUT2D eigenvalue weighted by Crippen LogP contribution is -2.28. The molecule has 1 heterocycles. The van der Waals surface area contributed by atoms with E-state index in [2.05, 4.69) is 0 Å². The summed E-state index contributed by atoms with van der Waals surface area (Å²) >= 11 is 0.892. The maximum Gasteiger partial charge on any atom is 0.306 e. The number of carbonyl (C=O) groups is 3. The van der Waals surface area contributed by atoms with Gasteiger partial charge in [0.05, 0.1) is 30.2 Å². The van der Waals surface area contributed by atoms with E-state index in [-0.39, 0.29) is 24.2 Å². The van der Waals surface area contributed by atoms with Gasteiger partial charge in [-0.3, -0.25) is 14.4 Å². The smallest absolute Gasteiger partial charge is 0.306 e. The first-order valence-corrected chi connectivity index (χ1v) is 10.7. The van der Waals surface area contributed by atoms with Gasteiger partial charge in [0, 0.05) is 0 Å². The molecule has 0 aromatic heterocycles. The Kier molecular flexibility index (Phi) is 7.36. The van der Waals surface area contributed by atoms with Gasteiger partial charge in [0.2, 0.25) is 0 Å². The van der Waals surface area contributed by atoms with Crippen LogP contribution in [0.5, 0.6) is 11.5 Å². The van der Waals surface area contributed by atoms with Gasteiger partial charge in [-0.2, -0.15) is 0 Å². The second kappa shape index (κ2) is 10.2. The van der Waals surface area contributed by atoms with Crippen molar-refractivity contribution in [1.29, 1.82) is 0 Å². The van der Waals surface area contributed by atoms with Gasteiger partial charge in [-0.25, -0.2) is 4.90 Å². The van der Waals surface area contributed by atoms with Crippen molar-refractivity contribution in [2.45, 2.75) is 26.7 Å². The predicted octanol–water partition coefficient (Wildman–Crippen LogP) is 4.74. The van der Waals surface area contributed by atoms with Crippen molar-refractivity contribution in [1.82, 2.24) is 0 Å². The zero-order valence-electron chi connectivity index (χ0n) is 17.3. The SMILES string of the molecule is CCOc1cc(/C=C2/SC(=O)N(c3ccccc3CC)C2=O)ccc1OCCC(=O)O. The van der Waals surface area contributed by atoms with E-state index >= 15 is 0 Å². The zero-order valence-corrected chi connectivity index (χ0v) is 18.1. The summed E-state index contributed by atoms with van der Waals surface area (Å²) in [4.78, 5) is 37.8. The molecule has 1 aliphatic rings. The number of carboxylic acids is 1. The van der Waals surface area contributed by atoms with E-state index in [1.54, 1.807) is 36.4 Å². The number of hydrogen-bond acceptors (Lipinski definition) is 6. The van der Waals surface area contributed by atoms with E-state index in [1.165, 1.54) is 4.90 Å². The molecule has 1 fully saturated rings. The highest BCUT2D eigenvalue weighted by Gasteiger charge is 2.37. The van der Waals surface area contributed by atoms with Gasteiger partial charge in [-0.05, 0) is 60.5 Å². The molecule has 2 aromatic rings. The number of aliphatic carboxylic acids is 1. The molecule has 31 heavy (non-hydrogen) atoms. The molecule has 3 rings (SSSR count). The summed E-state index contributed by atoms with van der Waals surface area (Å²) in [5.41, 5.74) is 2.20. The number of carbonyl (C=O) groups excluding carboxylic acids is 2. The van der Waals surface area contributed by atoms with Crippen molar-refractivity contribution in [3.05, 3.63) is 58.5 Å². The second-order valence-corrected chi connectivity index (χ2v) is 7.62. The number of ether oxygens (including phenoxy) is 2. The monoisotopic (exact) mass is 441 g/mol. The number of aryl methyl sites for hydroxylation is 1. The van der Waals surface area contributed by atoms with Crippen LogP contribution in [0.3, 0.4) is 0 Å². The molecular weight excluding hydrogens is 418 g/mol. The standard InChI is InChI=1S/C23H23NO6S/c1-3-16-7-5-6-8-17(16)24-22(27)20(31-23(24)28)14-15-9-10-18(19(13-15)29-4-2)30-12-11-21(25)26/h5-10,13-14H,3-4,11-12H2,1-2H3,(H,25,26)/b20-14+. The Hall–Kier alpha value is -3.26. The molecule has 0 bridgehead atoms. The molecule has 1 aliphatic heterocycles. The van der Waals surface area contributed by atoms with Crippen LogP contribution in [0.4, 0.5) is 10.5 Å². The highest BCUT2D eigenvalue weighted by Crippen LogP contribution is 2.38. The summed E-state index contributed by atoms with van der Waals surface area (Å²) in [6, 6.07) is 12.5. The van der Waals surface area contributed by atoms with Crippen molar-refractivity contribution in [2.75, 3.05) is 18.1 Å². The Morgan fingerprint density at radius 1 is 1.10 bits per heavy atom. The lowest BCUT2D eigenvalue weighted by molar-refractivity contribution is -0.137. The van der Waals surface area contributed by atoms with E-state index in [0.717, 1.165) is 17.3 Å². The van der Waals surface area contributed by atoms with Gasteiger partial charge in [-0.1, -0.05) is 31.2 Å². The molecule has 2 amide bonds. The molecule has 0 unspecified atom stereocenters. The maximum atomic E-state index is 13.0. The zero-order chi connectivity index (χ0) is 22.4. The third kappa shape index (κ3) is 5.27. The number of nitrogens with zero attached hydrogens (tertiary/aromatic N) is 1. The number of thioether (sulfide) groups is 1. The van der Waals surface area contributed by atoms with Crippen molar-refractivity contribution in [3.8, 4) is 11.5 Å². The number of para-hydroxylation sites is 1. The first kappa shape index (κ1) is 22.4. The van der Waals surface area contributed by atoms with Crippen molar-refractivity contribution >= 4 is 40.6 Å². The average molecular weight is 442 g/mol. The van der Waals surface area contributed by atoms with Gasteiger partial charge >= 0.3 is 5.97 Å². The Labute approximate surface area is 184 Å². The van der Waals surface area contributed by atoms with Crippen LogP contribution in [0.1, 0.15) is 31.4 Å². The van der Waals surface area contributed by atoms with Crippen LogP contribution in [0.25, 0.3) is 6.08 Å². The third-order valence-electron chi connectivity index (χ3n) is 4.55. The van der Waals surface area contributed by atoms with Gasteiger partial charge in [0.25, 0.3) is 11.1 Å². The largest absolute Gasteiger partial charge is 0.490 e. The average Bonchev–Trinajstić information content (AvgIpc) is 3.02. The molecular formula is C23H23NO6S. The lowest BCUT2D eigenvalue weighted by Gasteiger charge is -2.16. The van der Waals surface area contributed by atoms with E-state index in [4.69, 9.17) is 14.6 Å². The number of hydrogen-bond donors (Lipinski definition) is 1. The van der Waals surface area contributed by atoms with Gasteiger partial charge < -0.3 is 14.6 Å². The highest BCUT2D eigenvalue weighted by atomic mass is 32.2. The number of imide groups is 1. The minimum Gasteiger partial charge on any atom is -0.490 e. The van der Waals surface area contributed by atoms with Crippen molar-refractivity contribution in [2.24, 2.45) is 0 Å². The van der Waals surface area contributed by atoms with Crippen LogP contribution < -0.4 is 14.4 Å². The van der Waals surface area contributed by atoms with E-state index in [9.17, 15) is 14.4 Å². The van der Waals surface area contributed by atoms with Gasteiger partial charge in [0.15, 0.2) is 11.5 Å². The number of rotatable bonds is 9. The molecule has 7 nitrogen and oxygen atoms in total. The van der Waals surface area contributed by atoms with E-state index in [0.29, 0.717) is 40.7 Å². The van der Waals surface area contributed by atoms with Crippen molar-refractivity contribution in [3.63, 3.8) is 0 Å². The molecule has 2 aromatic carbocycles.